The number of rotatable bonds is 7. The van der Waals surface area contributed by atoms with Crippen molar-refractivity contribution in [1.29, 1.82) is 0 Å². The Morgan fingerprint density at radius 2 is 1.74 bits per heavy atom. The van der Waals surface area contributed by atoms with Gasteiger partial charge in [0.05, 0.1) is 36.2 Å². The molecule has 1 amide bonds. The van der Waals surface area contributed by atoms with Gasteiger partial charge < -0.3 is 25.8 Å². The average molecular weight is 587 g/mol. The molecule has 0 radical (unpaired) electrons. The lowest BCUT2D eigenvalue weighted by molar-refractivity contribution is -0.196. The van der Waals surface area contributed by atoms with Crippen LogP contribution in [0, 0.1) is 23.7 Å². The number of carbonyl (C=O) groups excluding carboxylic acids is 6. The Labute approximate surface area is 243 Å². The van der Waals surface area contributed by atoms with Gasteiger partial charge in [0.2, 0.25) is 5.91 Å². The maximum atomic E-state index is 14.1. The summed E-state index contributed by atoms with van der Waals surface area (Å²) >= 11 is 0. The lowest BCUT2D eigenvalue weighted by atomic mass is 9.49. The number of hydrogen-bond donors (Lipinski definition) is 4. The zero-order valence-electron chi connectivity index (χ0n) is 24.5. The average Bonchev–Trinajstić information content (AvgIpc) is 2.88. The molecule has 42 heavy (non-hydrogen) atoms. The minimum atomic E-state index is -3.04. The molecule has 8 atom stereocenters. The molecule has 5 N–H and O–H groups in total. The number of hydrogen-bond acceptors (Lipinski definition) is 11. The quantitative estimate of drug-likeness (QED) is 0.191. The molecule has 1 aromatic rings. The Bertz CT molecular complexity index is 1380. The third kappa shape index (κ3) is 4.47. The van der Waals surface area contributed by atoms with Crippen LogP contribution in [-0.2, 0) is 34.1 Å². The van der Waals surface area contributed by atoms with Gasteiger partial charge in [0.1, 0.15) is 5.75 Å². The predicted molar refractivity (Wildman–Crippen MR) is 146 cm³/mol. The number of likely N-dealkylation sites (N-methyl/N-ethyl adjacent to an activating group) is 1. The highest BCUT2D eigenvalue weighted by molar-refractivity contribution is 6.32. The Kier molecular flexibility index (Phi) is 7.98. The number of nitrogens with zero attached hydrogens (tertiary/aromatic N) is 1. The lowest BCUT2D eigenvalue weighted by Gasteiger charge is -2.56. The molecule has 2 fully saturated rings. The third-order valence-electron chi connectivity index (χ3n) is 9.47. The van der Waals surface area contributed by atoms with Crippen LogP contribution in [0.25, 0.3) is 0 Å². The van der Waals surface area contributed by atoms with Crippen molar-refractivity contribution in [2.24, 2.45) is 29.4 Å². The van der Waals surface area contributed by atoms with Crippen LogP contribution in [0.3, 0.4) is 0 Å². The van der Waals surface area contributed by atoms with Gasteiger partial charge in [0.15, 0.2) is 34.7 Å². The van der Waals surface area contributed by atoms with Crippen molar-refractivity contribution in [3.8, 4) is 5.75 Å². The molecule has 3 aliphatic rings. The summed E-state index contributed by atoms with van der Waals surface area (Å²) in [7, 11) is 2.89. The van der Waals surface area contributed by atoms with Crippen molar-refractivity contribution in [2.45, 2.75) is 69.6 Å². The summed E-state index contributed by atoms with van der Waals surface area (Å²) in [6.07, 6.45) is -0.727. The first kappa shape index (κ1) is 31.5. The summed E-state index contributed by atoms with van der Waals surface area (Å²) in [5.41, 5.74) is 2.25. The number of carbonyl (C=O) groups is 6. The summed E-state index contributed by atoms with van der Waals surface area (Å²) in [4.78, 5) is 79.5. The first-order valence-corrected chi connectivity index (χ1v) is 13.9. The number of amides is 1. The van der Waals surface area contributed by atoms with E-state index in [0.717, 1.165) is 0 Å². The lowest BCUT2D eigenvalue weighted by Crippen LogP contribution is -2.77. The van der Waals surface area contributed by atoms with Gasteiger partial charge in [-0.15, -0.1) is 0 Å². The fourth-order valence-corrected chi connectivity index (χ4v) is 7.40. The van der Waals surface area contributed by atoms with E-state index in [9.17, 15) is 44.1 Å². The Morgan fingerprint density at radius 3 is 2.29 bits per heavy atom. The van der Waals surface area contributed by atoms with Crippen molar-refractivity contribution in [1.82, 2.24) is 4.90 Å². The number of esters is 1. The number of phenolic OH excluding ortho intramolecular Hbond substituents is 1. The fourth-order valence-electron chi connectivity index (χ4n) is 7.40. The minimum Gasteiger partial charge on any atom is -0.507 e. The SMILES string of the molecule is CC(=O)OCCCC(C)(C)c1ccc2c(c1O)C(=O)C1C(=O)[C@@]3(O)C(=O)C(C(N)=O)C(=O)[C@H](N(C)C)[C@H]3[C@H](O)[C@H]1[C@@H]2C. The number of ether oxygens (including phenoxy) is 1. The topological polar surface area (TPSA) is 202 Å². The molecule has 0 aliphatic heterocycles. The molecule has 2 unspecified atom stereocenters. The van der Waals surface area contributed by atoms with Crippen LogP contribution in [0.15, 0.2) is 12.1 Å². The number of phenols is 1. The van der Waals surface area contributed by atoms with Crippen LogP contribution in [0.5, 0.6) is 5.75 Å². The molecule has 12 heteroatoms. The molecule has 3 aliphatic carbocycles. The van der Waals surface area contributed by atoms with Crippen LogP contribution >= 0.6 is 0 Å². The van der Waals surface area contributed by atoms with E-state index >= 15 is 0 Å². The van der Waals surface area contributed by atoms with Gasteiger partial charge in [-0.3, -0.25) is 33.7 Å². The smallest absolute Gasteiger partial charge is 0.302 e. The molecule has 1 aromatic carbocycles. The highest BCUT2D eigenvalue weighted by Crippen LogP contribution is 2.55. The number of nitrogens with two attached hydrogens (primary N) is 1. The second-order valence-electron chi connectivity index (χ2n) is 12.6. The number of Topliss-reactive ketones (excluding diaryl/α,β-unsaturated/α-hetero) is 4. The van der Waals surface area contributed by atoms with Gasteiger partial charge in [-0.2, -0.15) is 0 Å². The molecule has 0 saturated heterocycles. The number of fused-ring (bicyclic) bond motifs is 3. The number of aliphatic hydroxyl groups excluding tert-OH is 1. The van der Waals surface area contributed by atoms with Crippen LogP contribution < -0.4 is 5.73 Å². The second kappa shape index (κ2) is 10.7. The van der Waals surface area contributed by atoms with Crippen molar-refractivity contribution < 1.29 is 48.8 Å². The van der Waals surface area contributed by atoms with Crippen molar-refractivity contribution in [3.05, 3.63) is 28.8 Å². The predicted octanol–water partition coefficient (Wildman–Crippen LogP) is 0.0197. The van der Waals surface area contributed by atoms with Gasteiger partial charge in [-0.05, 0) is 43.8 Å². The Hall–Kier alpha value is -3.48. The first-order chi connectivity index (χ1) is 19.4. The molecule has 2 saturated carbocycles. The van der Waals surface area contributed by atoms with Gasteiger partial charge in [0, 0.05) is 18.4 Å². The zero-order chi connectivity index (χ0) is 31.6. The number of aromatic hydroxyl groups is 1. The zero-order valence-corrected chi connectivity index (χ0v) is 24.5. The number of ketones is 4. The maximum Gasteiger partial charge on any atom is 0.302 e. The summed E-state index contributed by atoms with van der Waals surface area (Å²) < 4.78 is 5.00. The van der Waals surface area contributed by atoms with E-state index in [1.165, 1.54) is 25.9 Å². The molecular weight excluding hydrogens is 548 g/mol. The number of aliphatic hydroxyl groups is 2. The number of primary amides is 1. The Morgan fingerprint density at radius 1 is 1.12 bits per heavy atom. The highest BCUT2D eigenvalue weighted by atomic mass is 16.5. The molecule has 0 aromatic heterocycles. The van der Waals surface area contributed by atoms with E-state index in [0.29, 0.717) is 24.0 Å². The van der Waals surface area contributed by atoms with E-state index in [-0.39, 0.29) is 17.9 Å². The summed E-state index contributed by atoms with van der Waals surface area (Å²) in [6, 6.07) is 1.90. The first-order valence-electron chi connectivity index (χ1n) is 13.9. The molecule has 0 bridgehead atoms. The fraction of sp³-hybridized carbons (Fsp3) is 0.600. The molecule has 228 valence electrons. The molecule has 0 heterocycles. The molecular formula is C30H38N2O10. The third-order valence-corrected chi connectivity index (χ3v) is 9.47. The van der Waals surface area contributed by atoms with Crippen molar-refractivity contribution >= 4 is 35.0 Å². The summed E-state index contributed by atoms with van der Waals surface area (Å²) in [5.74, 6) is -14.0. The van der Waals surface area contributed by atoms with Gasteiger partial charge in [-0.1, -0.05) is 32.9 Å². The van der Waals surface area contributed by atoms with E-state index in [4.69, 9.17) is 10.5 Å². The maximum absolute atomic E-state index is 14.1. The second-order valence-corrected chi connectivity index (χ2v) is 12.6. The molecule has 0 spiro atoms. The number of benzene rings is 1. The van der Waals surface area contributed by atoms with Crippen LogP contribution in [-0.4, -0.2) is 93.7 Å². The van der Waals surface area contributed by atoms with E-state index in [1.54, 1.807) is 19.1 Å². The van der Waals surface area contributed by atoms with E-state index < -0.39 is 87.8 Å². The summed E-state index contributed by atoms with van der Waals surface area (Å²) in [5, 5.41) is 34.9. The molecule has 4 rings (SSSR count). The molecule has 12 nitrogen and oxygen atoms in total. The normalized spacial score (nSPS) is 32.7. The minimum absolute atomic E-state index is 0.146. The largest absolute Gasteiger partial charge is 0.507 e. The highest BCUT2D eigenvalue weighted by Gasteiger charge is 2.72. The van der Waals surface area contributed by atoms with E-state index in [1.807, 2.05) is 13.8 Å². The van der Waals surface area contributed by atoms with Crippen molar-refractivity contribution in [3.63, 3.8) is 0 Å². The van der Waals surface area contributed by atoms with Crippen LogP contribution in [0.4, 0.5) is 0 Å². The summed E-state index contributed by atoms with van der Waals surface area (Å²) in [6.45, 7) is 6.82. The van der Waals surface area contributed by atoms with E-state index in [2.05, 4.69) is 0 Å². The van der Waals surface area contributed by atoms with Crippen molar-refractivity contribution in [2.75, 3.05) is 20.7 Å². The Balaban J connectivity index is 1.82. The monoisotopic (exact) mass is 586 g/mol. The standard InChI is InChI=1S/C30H38N2O10/c1-12-14-8-9-15(29(3,4)10-7-11-42-13(2)33)22(34)17(14)23(35)18-16(12)24(36)20-21(32(5)6)25(37)19(28(31)40)27(39)30(20,41)26(18)38/h8-9,12,16,18-21,24,34,36,41H,7,10-11H2,1-6H3,(H2,31,40)/t12-,16+,18?,19?,20+,21-,24-,30-/m1/s1. The van der Waals surface area contributed by atoms with Crippen LogP contribution in [0.1, 0.15) is 67.9 Å². The van der Waals surface area contributed by atoms with Gasteiger partial charge >= 0.3 is 5.97 Å². The van der Waals surface area contributed by atoms with Gasteiger partial charge in [0.25, 0.3) is 0 Å². The van der Waals surface area contributed by atoms with Gasteiger partial charge in [-0.25, -0.2) is 0 Å². The van der Waals surface area contributed by atoms with Crippen LogP contribution in [0.2, 0.25) is 0 Å².